The van der Waals surface area contributed by atoms with E-state index in [1.807, 2.05) is 25.1 Å². The molecule has 2 rings (SSSR count). The summed E-state index contributed by atoms with van der Waals surface area (Å²) in [6.45, 7) is 1.98. The van der Waals surface area contributed by atoms with Gasteiger partial charge in [-0.3, -0.25) is 9.59 Å². The van der Waals surface area contributed by atoms with Gasteiger partial charge >= 0.3 is 11.8 Å². The molecule has 0 aliphatic rings. The molecule has 0 aliphatic heterocycles. The van der Waals surface area contributed by atoms with Crippen LogP contribution in [0.4, 0.5) is 11.4 Å². The molecule has 2 aromatic rings. The lowest BCUT2D eigenvalue weighted by molar-refractivity contribution is -0.133. The first-order chi connectivity index (χ1) is 10.1. The van der Waals surface area contributed by atoms with E-state index in [1.165, 1.54) is 0 Å². The number of hydrogen-bond acceptors (Lipinski definition) is 2. The van der Waals surface area contributed by atoms with Crippen molar-refractivity contribution in [2.75, 3.05) is 10.6 Å². The maximum atomic E-state index is 11.9. The van der Waals surface area contributed by atoms with E-state index in [4.69, 9.17) is 11.6 Å². The molecule has 5 heteroatoms. The summed E-state index contributed by atoms with van der Waals surface area (Å²) in [6, 6.07) is 14.0. The molecule has 2 N–H and O–H groups in total. The van der Waals surface area contributed by atoms with Crippen LogP contribution in [-0.2, 0) is 16.0 Å². The van der Waals surface area contributed by atoms with Gasteiger partial charge in [0, 0.05) is 16.4 Å². The Hall–Kier alpha value is -2.33. The second-order valence-corrected chi connectivity index (χ2v) is 4.87. The van der Waals surface area contributed by atoms with Crippen molar-refractivity contribution in [3.8, 4) is 0 Å². The predicted molar refractivity (Wildman–Crippen MR) is 84.5 cm³/mol. The Balaban J connectivity index is 2.04. The van der Waals surface area contributed by atoms with Crippen LogP contribution in [0.1, 0.15) is 12.5 Å². The summed E-state index contributed by atoms with van der Waals surface area (Å²) in [7, 11) is 0. The van der Waals surface area contributed by atoms with Crippen molar-refractivity contribution in [3.05, 3.63) is 59.1 Å². The lowest BCUT2D eigenvalue weighted by atomic mass is 10.1. The van der Waals surface area contributed by atoms with Crippen molar-refractivity contribution < 1.29 is 9.59 Å². The van der Waals surface area contributed by atoms with Gasteiger partial charge < -0.3 is 10.6 Å². The fourth-order valence-corrected chi connectivity index (χ4v) is 2.07. The highest BCUT2D eigenvalue weighted by molar-refractivity contribution is 6.43. The Bertz CT molecular complexity index is 671. The lowest BCUT2D eigenvalue weighted by Crippen LogP contribution is -2.29. The third-order valence-corrected chi connectivity index (χ3v) is 3.17. The standard InChI is InChI=1S/C16H15ClN2O2/c1-2-11-6-3-4-9-14(11)19-16(21)15(20)18-13-8-5-7-12(17)10-13/h3-10H,2H2,1H3,(H,18,20)(H,19,21). The number of carbonyl (C=O) groups excluding carboxylic acids is 2. The first kappa shape index (κ1) is 15.1. The number of amides is 2. The molecule has 4 nitrogen and oxygen atoms in total. The first-order valence-electron chi connectivity index (χ1n) is 6.56. The van der Waals surface area contributed by atoms with E-state index in [0.29, 0.717) is 16.4 Å². The highest BCUT2D eigenvalue weighted by atomic mass is 35.5. The molecule has 0 bridgehead atoms. The minimum absolute atomic E-state index is 0.478. The number of aryl methyl sites for hydroxylation is 1. The minimum atomic E-state index is -0.733. The van der Waals surface area contributed by atoms with E-state index in [9.17, 15) is 9.59 Å². The Kier molecular flexibility index (Phi) is 4.95. The van der Waals surface area contributed by atoms with Crippen LogP contribution >= 0.6 is 11.6 Å². The number of nitrogens with one attached hydrogen (secondary N) is 2. The molecule has 2 aromatic carbocycles. The number of carbonyl (C=O) groups is 2. The molecule has 0 saturated carbocycles. The fourth-order valence-electron chi connectivity index (χ4n) is 1.88. The number of benzene rings is 2. The largest absolute Gasteiger partial charge is 0.318 e. The SMILES string of the molecule is CCc1ccccc1NC(=O)C(=O)Nc1cccc(Cl)c1. The molecule has 0 atom stereocenters. The Morgan fingerprint density at radius 1 is 1.00 bits per heavy atom. The molecular weight excluding hydrogens is 288 g/mol. The van der Waals surface area contributed by atoms with Gasteiger partial charge in [0.1, 0.15) is 0 Å². The van der Waals surface area contributed by atoms with Gasteiger partial charge in [-0.05, 0) is 36.2 Å². The number of hydrogen-bond donors (Lipinski definition) is 2. The van der Waals surface area contributed by atoms with E-state index < -0.39 is 11.8 Å². The molecule has 0 spiro atoms. The van der Waals surface area contributed by atoms with Gasteiger partial charge in [0.25, 0.3) is 0 Å². The van der Waals surface area contributed by atoms with Crippen molar-refractivity contribution in [2.24, 2.45) is 0 Å². The topological polar surface area (TPSA) is 58.2 Å². The molecule has 0 aliphatic carbocycles. The van der Waals surface area contributed by atoms with Crippen LogP contribution in [0.5, 0.6) is 0 Å². The summed E-state index contributed by atoms with van der Waals surface area (Å²) < 4.78 is 0. The summed E-state index contributed by atoms with van der Waals surface area (Å²) in [6.07, 6.45) is 0.770. The number of halogens is 1. The summed E-state index contributed by atoms with van der Waals surface area (Å²) in [5, 5.41) is 5.61. The average Bonchev–Trinajstić information content (AvgIpc) is 2.47. The minimum Gasteiger partial charge on any atom is -0.318 e. The van der Waals surface area contributed by atoms with Crippen molar-refractivity contribution in [3.63, 3.8) is 0 Å². The Labute approximate surface area is 128 Å². The molecule has 0 saturated heterocycles. The van der Waals surface area contributed by atoms with Gasteiger partial charge in [0.2, 0.25) is 0 Å². The van der Waals surface area contributed by atoms with Crippen molar-refractivity contribution in [1.82, 2.24) is 0 Å². The van der Waals surface area contributed by atoms with Crippen molar-refractivity contribution >= 4 is 34.8 Å². The molecular formula is C16H15ClN2O2. The van der Waals surface area contributed by atoms with E-state index in [1.54, 1.807) is 30.3 Å². The molecule has 0 heterocycles. The maximum absolute atomic E-state index is 11.9. The van der Waals surface area contributed by atoms with Crippen LogP contribution < -0.4 is 10.6 Å². The van der Waals surface area contributed by atoms with Gasteiger partial charge in [-0.15, -0.1) is 0 Å². The zero-order valence-corrected chi connectivity index (χ0v) is 12.3. The molecule has 2 amide bonds. The van der Waals surface area contributed by atoms with Crippen LogP contribution in [0.25, 0.3) is 0 Å². The monoisotopic (exact) mass is 302 g/mol. The first-order valence-corrected chi connectivity index (χ1v) is 6.93. The summed E-state index contributed by atoms with van der Waals surface area (Å²) in [5.74, 6) is -1.45. The van der Waals surface area contributed by atoms with E-state index in [-0.39, 0.29) is 0 Å². The van der Waals surface area contributed by atoms with E-state index in [0.717, 1.165) is 12.0 Å². The molecule has 108 valence electrons. The second-order valence-electron chi connectivity index (χ2n) is 4.43. The molecule has 0 radical (unpaired) electrons. The van der Waals surface area contributed by atoms with E-state index in [2.05, 4.69) is 10.6 Å². The van der Waals surface area contributed by atoms with Crippen LogP contribution in [0.15, 0.2) is 48.5 Å². The highest BCUT2D eigenvalue weighted by Crippen LogP contribution is 2.17. The zero-order valence-electron chi connectivity index (χ0n) is 11.5. The van der Waals surface area contributed by atoms with Gasteiger partial charge in [-0.25, -0.2) is 0 Å². The second kappa shape index (κ2) is 6.90. The van der Waals surface area contributed by atoms with Crippen LogP contribution in [0.2, 0.25) is 5.02 Å². The Morgan fingerprint density at radius 2 is 1.71 bits per heavy atom. The van der Waals surface area contributed by atoms with Crippen molar-refractivity contribution in [1.29, 1.82) is 0 Å². The van der Waals surface area contributed by atoms with Crippen molar-refractivity contribution in [2.45, 2.75) is 13.3 Å². The molecule has 21 heavy (non-hydrogen) atoms. The number of para-hydroxylation sites is 1. The van der Waals surface area contributed by atoms with Crippen LogP contribution in [-0.4, -0.2) is 11.8 Å². The fraction of sp³-hybridized carbons (Fsp3) is 0.125. The average molecular weight is 303 g/mol. The summed E-state index contributed by atoms with van der Waals surface area (Å²) >= 11 is 5.83. The maximum Gasteiger partial charge on any atom is 0.314 e. The van der Waals surface area contributed by atoms with Gasteiger partial charge in [-0.1, -0.05) is 42.8 Å². The quantitative estimate of drug-likeness (QED) is 0.853. The summed E-state index contributed by atoms with van der Waals surface area (Å²) in [4.78, 5) is 23.8. The van der Waals surface area contributed by atoms with Crippen LogP contribution in [0, 0.1) is 0 Å². The number of rotatable bonds is 3. The number of anilines is 2. The normalized spacial score (nSPS) is 10.0. The zero-order chi connectivity index (χ0) is 15.2. The van der Waals surface area contributed by atoms with Gasteiger partial charge in [0.15, 0.2) is 0 Å². The third kappa shape index (κ3) is 4.07. The third-order valence-electron chi connectivity index (χ3n) is 2.94. The smallest absolute Gasteiger partial charge is 0.314 e. The predicted octanol–water partition coefficient (Wildman–Crippen LogP) is 3.48. The van der Waals surface area contributed by atoms with Gasteiger partial charge in [0.05, 0.1) is 0 Å². The van der Waals surface area contributed by atoms with E-state index >= 15 is 0 Å². The summed E-state index contributed by atoms with van der Waals surface area (Å²) in [5.41, 5.74) is 2.10. The Morgan fingerprint density at radius 3 is 2.43 bits per heavy atom. The molecule has 0 unspecified atom stereocenters. The lowest BCUT2D eigenvalue weighted by Gasteiger charge is -2.10. The molecule has 0 fully saturated rings. The highest BCUT2D eigenvalue weighted by Gasteiger charge is 2.15. The van der Waals surface area contributed by atoms with Crippen LogP contribution in [0.3, 0.4) is 0 Å². The van der Waals surface area contributed by atoms with Gasteiger partial charge in [-0.2, -0.15) is 0 Å². The molecule has 0 aromatic heterocycles.